The van der Waals surface area contributed by atoms with Crippen molar-refractivity contribution in [3.8, 4) is 11.5 Å². The van der Waals surface area contributed by atoms with Gasteiger partial charge in [-0.15, -0.1) is 0 Å². The maximum atomic E-state index is 5.79. The second-order valence-corrected chi connectivity index (χ2v) is 6.72. The summed E-state index contributed by atoms with van der Waals surface area (Å²) in [5.41, 5.74) is 3.14. The van der Waals surface area contributed by atoms with Gasteiger partial charge in [-0.05, 0) is 45.0 Å². The van der Waals surface area contributed by atoms with Gasteiger partial charge in [-0.1, -0.05) is 18.2 Å². The lowest BCUT2D eigenvalue weighted by Gasteiger charge is -2.27. The molecule has 0 radical (unpaired) electrons. The largest absolute Gasteiger partial charge is 0.490 e. The molecule has 0 fully saturated rings. The zero-order valence-electron chi connectivity index (χ0n) is 17.1. The summed E-state index contributed by atoms with van der Waals surface area (Å²) in [5.74, 6) is 1.49. The zero-order valence-corrected chi connectivity index (χ0v) is 17.1. The Morgan fingerprint density at radius 3 is 2.36 bits per heavy atom. The van der Waals surface area contributed by atoms with Crippen LogP contribution in [-0.2, 0) is 0 Å². The van der Waals surface area contributed by atoms with Gasteiger partial charge in [-0.3, -0.25) is 4.98 Å². The Bertz CT molecular complexity index is 899. The average Bonchev–Trinajstić information content (AvgIpc) is 2.73. The molecule has 1 N–H and O–H groups in total. The molecule has 0 aliphatic rings. The third-order valence-electron chi connectivity index (χ3n) is 4.82. The van der Waals surface area contributed by atoms with E-state index < -0.39 is 0 Å². The van der Waals surface area contributed by atoms with Crippen LogP contribution in [0.25, 0.3) is 10.9 Å². The Hall–Kier alpha value is -2.95. The fourth-order valence-corrected chi connectivity index (χ4v) is 3.16. The average molecular weight is 380 g/mol. The zero-order chi connectivity index (χ0) is 19.9. The predicted octanol–water partition coefficient (Wildman–Crippen LogP) is 4.97. The first kappa shape index (κ1) is 19.8. The van der Waals surface area contributed by atoms with E-state index in [9.17, 15) is 0 Å². The van der Waals surface area contributed by atoms with Gasteiger partial charge in [-0.25, -0.2) is 0 Å². The quantitative estimate of drug-likeness (QED) is 0.569. The molecular weight excluding hydrogens is 350 g/mol. The fraction of sp³-hybridized carbons (Fsp3) is 0.348. The van der Waals surface area contributed by atoms with Crippen LogP contribution in [0.4, 0.5) is 11.4 Å². The fourth-order valence-electron chi connectivity index (χ4n) is 3.16. The summed E-state index contributed by atoms with van der Waals surface area (Å²) in [6, 6.07) is 16.7. The Balaban J connectivity index is 1.81. The lowest BCUT2D eigenvalue weighted by molar-refractivity contribution is 0.288. The molecule has 0 bridgehead atoms. The van der Waals surface area contributed by atoms with Crippen molar-refractivity contribution in [3.63, 3.8) is 0 Å². The highest BCUT2D eigenvalue weighted by Crippen LogP contribution is 2.35. The minimum Gasteiger partial charge on any atom is -0.490 e. The van der Waals surface area contributed by atoms with Crippen LogP contribution in [-0.4, -0.2) is 37.8 Å². The molecule has 0 aliphatic heterocycles. The van der Waals surface area contributed by atoms with Gasteiger partial charge >= 0.3 is 0 Å². The Morgan fingerprint density at radius 2 is 1.68 bits per heavy atom. The van der Waals surface area contributed by atoms with Gasteiger partial charge < -0.3 is 19.7 Å². The maximum Gasteiger partial charge on any atom is 0.163 e. The van der Waals surface area contributed by atoms with Crippen molar-refractivity contribution < 1.29 is 9.47 Å². The van der Waals surface area contributed by atoms with E-state index in [1.807, 2.05) is 44.3 Å². The molecule has 3 aromatic rings. The summed E-state index contributed by atoms with van der Waals surface area (Å²) in [4.78, 5) is 6.78. The first-order chi connectivity index (χ1) is 13.6. The van der Waals surface area contributed by atoms with Crippen molar-refractivity contribution >= 4 is 22.3 Å². The third kappa shape index (κ3) is 4.47. The molecule has 0 aliphatic carbocycles. The first-order valence-corrected chi connectivity index (χ1v) is 9.84. The highest BCUT2D eigenvalue weighted by Gasteiger charge is 2.13. The molecule has 1 atom stereocenters. The lowest BCUT2D eigenvalue weighted by Crippen LogP contribution is -2.34. The molecule has 0 saturated carbocycles. The monoisotopic (exact) mass is 379 g/mol. The number of pyridine rings is 1. The molecular formula is C23H29N3O2. The molecule has 5 nitrogen and oxygen atoms in total. The summed E-state index contributed by atoms with van der Waals surface area (Å²) in [6.45, 7) is 8.14. The van der Waals surface area contributed by atoms with Crippen LogP contribution in [0.5, 0.6) is 11.5 Å². The predicted molar refractivity (Wildman–Crippen MR) is 117 cm³/mol. The van der Waals surface area contributed by atoms with Crippen molar-refractivity contribution in [2.45, 2.75) is 26.8 Å². The molecule has 148 valence electrons. The van der Waals surface area contributed by atoms with Crippen LogP contribution in [0.1, 0.15) is 20.8 Å². The number of para-hydroxylation sites is 1. The molecule has 28 heavy (non-hydrogen) atoms. The lowest BCUT2D eigenvalue weighted by atomic mass is 10.1. The van der Waals surface area contributed by atoms with Crippen LogP contribution >= 0.6 is 0 Å². The van der Waals surface area contributed by atoms with E-state index in [2.05, 4.69) is 53.4 Å². The molecule has 1 unspecified atom stereocenters. The number of nitrogens with zero attached hydrogens (tertiary/aromatic N) is 2. The summed E-state index contributed by atoms with van der Waals surface area (Å²) in [7, 11) is 2.12. The normalized spacial score (nSPS) is 11.9. The number of fused-ring (bicyclic) bond motifs is 1. The standard InChI is InChI=1S/C23H29N3O2/c1-5-27-22-14-19-20(12-13-24-21(19)15-23(22)28-6-2)25-16-17(3)26(4)18-10-8-7-9-11-18/h7-15,17H,5-6,16H2,1-4H3,(H,24,25). The van der Waals surface area contributed by atoms with Gasteiger partial charge in [0, 0.05) is 48.7 Å². The minimum atomic E-state index is 0.319. The van der Waals surface area contributed by atoms with Gasteiger partial charge in [0.05, 0.1) is 18.7 Å². The van der Waals surface area contributed by atoms with Crippen molar-refractivity contribution in [2.24, 2.45) is 0 Å². The van der Waals surface area contributed by atoms with Crippen molar-refractivity contribution in [2.75, 3.05) is 37.0 Å². The number of aromatic nitrogens is 1. The highest BCUT2D eigenvalue weighted by molar-refractivity contribution is 5.93. The number of likely N-dealkylation sites (N-methyl/N-ethyl adjacent to an activating group) is 1. The van der Waals surface area contributed by atoms with Crippen molar-refractivity contribution in [1.82, 2.24) is 4.98 Å². The number of ether oxygens (including phenoxy) is 2. The molecule has 1 heterocycles. The second kappa shape index (κ2) is 9.31. The molecule has 0 saturated heterocycles. The van der Waals surface area contributed by atoms with Crippen LogP contribution in [0, 0.1) is 0 Å². The number of hydrogen-bond donors (Lipinski definition) is 1. The molecule has 2 aromatic carbocycles. The Morgan fingerprint density at radius 1 is 1.00 bits per heavy atom. The summed E-state index contributed by atoms with van der Waals surface area (Å²) >= 11 is 0. The number of rotatable bonds is 9. The molecule has 1 aromatic heterocycles. The van der Waals surface area contributed by atoms with Gasteiger partial charge in [0.2, 0.25) is 0 Å². The van der Waals surface area contributed by atoms with Crippen molar-refractivity contribution in [1.29, 1.82) is 0 Å². The van der Waals surface area contributed by atoms with E-state index in [1.165, 1.54) is 5.69 Å². The van der Waals surface area contributed by atoms with E-state index >= 15 is 0 Å². The van der Waals surface area contributed by atoms with Gasteiger partial charge in [-0.2, -0.15) is 0 Å². The minimum absolute atomic E-state index is 0.319. The maximum absolute atomic E-state index is 5.79. The summed E-state index contributed by atoms with van der Waals surface area (Å²) in [5, 5.41) is 4.61. The number of nitrogens with one attached hydrogen (secondary N) is 1. The van der Waals surface area contributed by atoms with E-state index in [0.717, 1.165) is 34.6 Å². The van der Waals surface area contributed by atoms with Crippen LogP contribution < -0.4 is 19.7 Å². The van der Waals surface area contributed by atoms with Crippen molar-refractivity contribution in [3.05, 3.63) is 54.7 Å². The Kier molecular flexibility index (Phi) is 6.58. The highest BCUT2D eigenvalue weighted by atomic mass is 16.5. The third-order valence-corrected chi connectivity index (χ3v) is 4.82. The van der Waals surface area contributed by atoms with Gasteiger partial charge in [0.25, 0.3) is 0 Å². The molecule has 5 heteroatoms. The Labute approximate surface area is 167 Å². The van der Waals surface area contributed by atoms with E-state index in [-0.39, 0.29) is 0 Å². The van der Waals surface area contributed by atoms with Gasteiger partial charge in [0.1, 0.15) is 0 Å². The van der Waals surface area contributed by atoms with Crippen LogP contribution in [0.2, 0.25) is 0 Å². The summed E-state index contributed by atoms with van der Waals surface area (Å²) in [6.07, 6.45) is 1.83. The molecule has 3 rings (SSSR count). The van der Waals surface area contributed by atoms with Gasteiger partial charge in [0.15, 0.2) is 11.5 Å². The topological polar surface area (TPSA) is 46.6 Å². The van der Waals surface area contributed by atoms with E-state index in [4.69, 9.17) is 9.47 Å². The number of benzene rings is 2. The van der Waals surface area contributed by atoms with Crippen LogP contribution in [0.3, 0.4) is 0 Å². The van der Waals surface area contributed by atoms with Crippen LogP contribution in [0.15, 0.2) is 54.7 Å². The number of hydrogen-bond acceptors (Lipinski definition) is 5. The first-order valence-electron chi connectivity index (χ1n) is 9.84. The molecule has 0 spiro atoms. The SMILES string of the molecule is CCOc1cc2nccc(NCC(C)N(C)c3ccccc3)c2cc1OCC. The second-order valence-electron chi connectivity index (χ2n) is 6.72. The van der Waals surface area contributed by atoms with E-state index in [1.54, 1.807) is 0 Å². The van der Waals surface area contributed by atoms with E-state index in [0.29, 0.717) is 19.3 Å². The smallest absolute Gasteiger partial charge is 0.163 e. The number of anilines is 2. The molecule has 0 amide bonds. The summed E-state index contributed by atoms with van der Waals surface area (Å²) < 4.78 is 11.5.